The highest BCUT2D eigenvalue weighted by Crippen LogP contribution is 2.22. The largest absolute Gasteiger partial charge is 0.468 e. The van der Waals surface area contributed by atoms with E-state index < -0.39 is 21.8 Å². The first kappa shape index (κ1) is 18.6. The highest BCUT2D eigenvalue weighted by atomic mass is 35.5. The second-order valence-electron chi connectivity index (χ2n) is 5.18. The molecule has 2 aromatic carbocycles. The molecule has 0 radical (unpaired) electrons. The maximum atomic E-state index is 13.0. The molecule has 0 saturated carbocycles. The van der Waals surface area contributed by atoms with Gasteiger partial charge in [-0.25, -0.2) is 4.39 Å². The number of fused-ring (bicyclic) bond motifs is 1. The maximum Gasteiger partial charge on any atom is 0.325 e. The molecule has 10 heteroatoms. The van der Waals surface area contributed by atoms with Crippen LogP contribution in [-0.2, 0) is 26.1 Å². The van der Waals surface area contributed by atoms with E-state index in [-0.39, 0.29) is 16.2 Å². The lowest BCUT2D eigenvalue weighted by molar-refractivity contribution is -0.141. The van der Waals surface area contributed by atoms with Crippen molar-refractivity contribution in [3.63, 3.8) is 0 Å². The summed E-state index contributed by atoms with van der Waals surface area (Å²) in [6, 6.07) is 9.28. The molecule has 1 aromatic heterocycles. The molecule has 0 fully saturated rings. The zero-order valence-corrected chi connectivity index (χ0v) is 15.7. The number of benzene rings is 2. The fourth-order valence-electron chi connectivity index (χ4n) is 2.23. The van der Waals surface area contributed by atoms with Crippen molar-refractivity contribution in [3.8, 4) is 0 Å². The first-order valence-corrected chi connectivity index (χ1v) is 9.86. The van der Waals surface area contributed by atoms with Crippen LogP contribution in [0.25, 0.3) is 10.2 Å². The van der Waals surface area contributed by atoms with Crippen molar-refractivity contribution < 1.29 is 22.3 Å². The van der Waals surface area contributed by atoms with E-state index >= 15 is 0 Å². The predicted molar refractivity (Wildman–Crippen MR) is 96.0 cm³/mol. The molecule has 3 rings (SSSR count). The van der Waals surface area contributed by atoms with Crippen LogP contribution in [-0.4, -0.2) is 26.1 Å². The zero-order chi connectivity index (χ0) is 18.9. The quantitative estimate of drug-likeness (QED) is 0.615. The van der Waals surface area contributed by atoms with E-state index in [1.54, 1.807) is 18.2 Å². The number of nitrogens with zero attached hydrogens (tertiary/aromatic N) is 2. The normalized spacial score (nSPS) is 12.5. The summed E-state index contributed by atoms with van der Waals surface area (Å²) >= 11 is 7.04. The molecule has 0 amide bonds. The summed E-state index contributed by atoms with van der Waals surface area (Å²) in [5, 5.41) is 0.469. The third-order valence-electron chi connectivity index (χ3n) is 3.47. The SMILES string of the molecule is COC(=O)Cn1/c(=N/S(=O)(=O)c2ccc(F)cc2)sc2cc(Cl)ccc21. The number of aromatic nitrogens is 1. The Morgan fingerprint density at radius 1 is 1.27 bits per heavy atom. The van der Waals surface area contributed by atoms with E-state index in [9.17, 15) is 17.6 Å². The predicted octanol–water partition coefficient (Wildman–Crippen LogP) is 2.96. The van der Waals surface area contributed by atoms with Crippen LogP contribution < -0.4 is 4.80 Å². The summed E-state index contributed by atoms with van der Waals surface area (Å²) in [7, 11) is -2.85. The second kappa shape index (κ2) is 7.18. The Labute approximate surface area is 157 Å². The second-order valence-corrected chi connectivity index (χ2v) is 8.23. The Hall–Kier alpha value is -2.23. The van der Waals surface area contributed by atoms with E-state index in [1.807, 2.05) is 0 Å². The van der Waals surface area contributed by atoms with Crippen LogP contribution in [0.2, 0.25) is 5.02 Å². The van der Waals surface area contributed by atoms with Gasteiger partial charge >= 0.3 is 5.97 Å². The smallest absolute Gasteiger partial charge is 0.325 e. The van der Waals surface area contributed by atoms with Gasteiger partial charge in [-0.1, -0.05) is 22.9 Å². The van der Waals surface area contributed by atoms with Crippen molar-refractivity contribution in [3.05, 3.63) is 58.1 Å². The summed E-state index contributed by atoms with van der Waals surface area (Å²) in [5.74, 6) is -1.11. The molecule has 0 spiro atoms. The minimum Gasteiger partial charge on any atom is -0.468 e. The highest BCUT2D eigenvalue weighted by Gasteiger charge is 2.16. The number of methoxy groups -OCH3 is 1. The Morgan fingerprint density at radius 2 is 1.96 bits per heavy atom. The van der Waals surface area contributed by atoms with E-state index in [0.29, 0.717) is 15.2 Å². The fraction of sp³-hybridized carbons (Fsp3) is 0.125. The number of thiazole rings is 1. The number of halogens is 2. The first-order chi connectivity index (χ1) is 12.3. The Morgan fingerprint density at radius 3 is 2.62 bits per heavy atom. The van der Waals surface area contributed by atoms with E-state index in [2.05, 4.69) is 9.13 Å². The molecule has 0 aliphatic rings. The van der Waals surface area contributed by atoms with Crippen molar-refractivity contribution in [2.45, 2.75) is 11.4 Å². The topological polar surface area (TPSA) is 77.7 Å². The van der Waals surface area contributed by atoms with E-state index in [0.717, 1.165) is 35.6 Å². The lowest BCUT2D eigenvalue weighted by Crippen LogP contribution is -2.22. The molecule has 0 atom stereocenters. The summed E-state index contributed by atoms with van der Waals surface area (Å²) < 4.78 is 48.7. The van der Waals surface area contributed by atoms with Crippen LogP contribution in [0.3, 0.4) is 0 Å². The van der Waals surface area contributed by atoms with Crippen LogP contribution in [0, 0.1) is 5.82 Å². The zero-order valence-electron chi connectivity index (χ0n) is 13.3. The van der Waals surface area contributed by atoms with Gasteiger partial charge in [0.1, 0.15) is 12.4 Å². The van der Waals surface area contributed by atoms with Crippen LogP contribution in [0.4, 0.5) is 4.39 Å². The average molecular weight is 415 g/mol. The molecule has 0 N–H and O–H groups in total. The van der Waals surface area contributed by atoms with Gasteiger partial charge in [0.05, 0.1) is 22.2 Å². The molecule has 0 unspecified atom stereocenters. The van der Waals surface area contributed by atoms with Crippen LogP contribution >= 0.6 is 22.9 Å². The molecule has 6 nitrogen and oxygen atoms in total. The van der Waals surface area contributed by atoms with Gasteiger partial charge in [-0.3, -0.25) is 4.79 Å². The Kier molecular flexibility index (Phi) is 5.12. The number of rotatable bonds is 4. The number of esters is 1. The lowest BCUT2D eigenvalue weighted by Gasteiger charge is -2.04. The molecular formula is C16H12ClFN2O4S2. The van der Waals surface area contributed by atoms with Crippen molar-refractivity contribution in [1.29, 1.82) is 0 Å². The summed E-state index contributed by atoms with van der Waals surface area (Å²) in [6.07, 6.45) is 0. The number of carbonyl (C=O) groups excluding carboxylic acids is 1. The standard InChI is InChI=1S/C16H12ClFN2O4S2/c1-24-15(21)9-20-13-7-2-10(17)8-14(13)25-16(20)19-26(22,23)12-5-3-11(18)4-6-12/h2-8H,9H2,1H3/b19-16-. The van der Waals surface area contributed by atoms with Crippen molar-refractivity contribution in [2.75, 3.05) is 7.11 Å². The van der Waals surface area contributed by atoms with Gasteiger partial charge in [-0.2, -0.15) is 8.42 Å². The third kappa shape index (κ3) is 3.79. The molecule has 0 aliphatic heterocycles. The van der Waals surface area contributed by atoms with Crippen LogP contribution in [0.5, 0.6) is 0 Å². The van der Waals surface area contributed by atoms with Crippen molar-refractivity contribution >= 4 is 49.1 Å². The maximum absolute atomic E-state index is 13.0. The van der Waals surface area contributed by atoms with Crippen molar-refractivity contribution in [1.82, 2.24) is 4.57 Å². The molecular weight excluding hydrogens is 403 g/mol. The molecule has 0 bridgehead atoms. The van der Waals surface area contributed by atoms with E-state index in [1.165, 1.54) is 11.7 Å². The number of hydrogen-bond donors (Lipinski definition) is 0. The van der Waals surface area contributed by atoms with E-state index in [4.69, 9.17) is 11.6 Å². The minimum absolute atomic E-state index is 0.0805. The monoisotopic (exact) mass is 414 g/mol. The summed E-state index contributed by atoms with van der Waals surface area (Å²) in [6.45, 7) is -0.212. The minimum atomic E-state index is -4.09. The van der Waals surface area contributed by atoms with Gasteiger partial charge in [-0.05, 0) is 42.5 Å². The molecule has 3 aromatic rings. The van der Waals surface area contributed by atoms with Crippen LogP contribution in [0.15, 0.2) is 51.8 Å². The first-order valence-electron chi connectivity index (χ1n) is 7.22. The lowest BCUT2D eigenvalue weighted by atomic mass is 10.3. The van der Waals surface area contributed by atoms with Gasteiger partial charge in [0.25, 0.3) is 10.0 Å². The molecule has 0 saturated heterocycles. The molecule has 0 aliphatic carbocycles. The van der Waals surface area contributed by atoms with Gasteiger partial charge in [0, 0.05) is 5.02 Å². The van der Waals surface area contributed by atoms with Gasteiger partial charge < -0.3 is 9.30 Å². The summed E-state index contributed by atoms with van der Waals surface area (Å²) in [4.78, 5) is 11.6. The number of hydrogen-bond acceptors (Lipinski definition) is 5. The fourth-order valence-corrected chi connectivity index (χ4v) is 4.73. The van der Waals surface area contributed by atoms with Gasteiger partial charge in [-0.15, -0.1) is 4.40 Å². The average Bonchev–Trinajstić information content (AvgIpc) is 2.90. The van der Waals surface area contributed by atoms with Gasteiger partial charge in [0.2, 0.25) is 4.80 Å². The number of ether oxygens (including phenoxy) is 1. The molecule has 136 valence electrons. The number of carbonyl (C=O) groups is 1. The van der Waals surface area contributed by atoms with Gasteiger partial charge in [0.15, 0.2) is 0 Å². The summed E-state index contributed by atoms with van der Waals surface area (Å²) in [5.41, 5.74) is 0.595. The Balaban J connectivity index is 2.22. The highest BCUT2D eigenvalue weighted by molar-refractivity contribution is 7.90. The van der Waals surface area contributed by atoms with Crippen LogP contribution in [0.1, 0.15) is 0 Å². The number of sulfonamides is 1. The third-order valence-corrected chi connectivity index (χ3v) is 6.14. The molecule has 1 heterocycles. The Bertz CT molecular complexity index is 1150. The molecule has 26 heavy (non-hydrogen) atoms. The van der Waals surface area contributed by atoms with Crippen molar-refractivity contribution in [2.24, 2.45) is 4.40 Å².